The minimum absolute atomic E-state index is 0.142. The van der Waals surface area contributed by atoms with E-state index in [2.05, 4.69) is 5.32 Å². The molecule has 1 amide bonds. The second-order valence-corrected chi connectivity index (χ2v) is 10.6. The van der Waals surface area contributed by atoms with Gasteiger partial charge in [-0.3, -0.25) is 4.79 Å². The number of benzene rings is 2. The van der Waals surface area contributed by atoms with Gasteiger partial charge in [-0.2, -0.15) is 0 Å². The highest BCUT2D eigenvalue weighted by molar-refractivity contribution is 7.93. The number of rotatable bonds is 7. The summed E-state index contributed by atoms with van der Waals surface area (Å²) >= 11 is 5.93. The predicted octanol–water partition coefficient (Wildman–Crippen LogP) is 3.85. The van der Waals surface area contributed by atoms with Gasteiger partial charge in [0, 0.05) is 11.6 Å². The van der Waals surface area contributed by atoms with Crippen molar-refractivity contribution in [1.29, 1.82) is 0 Å². The standard InChI is InChI=1S/C22H27ClN2O3S/c1-25(2)16-20(17-8-4-3-5-9-17)24-21(26)22(14-6-7-15-22)29(27,28)19-12-10-18(23)11-13-19/h3-5,8-13,20H,6-7,14-16H2,1-2H3,(H,24,26). The molecular weight excluding hydrogens is 408 g/mol. The first kappa shape index (κ1) is 21.8. The van der Waals surface area contributed by atoms with E-state index < -0.39 is 20.5 Å². The molecular formula is C22H27ClN2O3S. The SMILES string of the molecule is CN(C)CC(NC(=O)C1(S(=O)(=O)c2ccc(Cl)cc2)CCCC1)c1ccccc1. The smallest absolute Gasteiger partial charge is 0.242 e. The van der Waals surface area contributed by atoms with Crippen molar-refractivity contribution < 1.29 is 13.2 Å². The van der Waals surface area contributed by atoms with E-state index in [1.165, 1.54) is 12.1 Å². The number of carbonyl (C=O) groups is 1. The maximum Gasteiger partial charge on any atom is 0.242 e. The van der Waals surface area contributed by atoms with Crippen LogP contribution in [0.3, 0.4) is 0 Å². The average Bonchev–Trinajstić information content (AvgIpc) is 3.20. The summed E-state index contributed by atoms with van der Waals surface area (Å²) in [6, 6.07) is 15.4. The molecule has 0 heterocycles. The zero-order valence-corrected chi connectivity index (χ0v) is 18.3. The van der Waals surface area contributed by atoms with Crippen LogP contribution in [0.15, 0.2) is 59.5 Å². The summed E-state index contributed by atoms with van der Waals surface area (Å²) in [5.74, 6) is -0.416. The van der Waals surface area contributed by atoms with Gasteiger partial charge in [0.05, 0.1) is 10.9 Å². The number of likely N-dealkylation sites (N-methyl/N-ethyl adjacent to an activating group) is 1. The molecule has 0 radical (unpaired) electrons. The monoisotopic (exact) mass is 434 g/mol. The molecule has 1 aliphatic carbocycles. The Morgan fingerprint density at radius 2 is 1.66 bits per heavy atom. The van der Waals surface area contributed by atoms with Gasteiger partial charge in [-0.1, -0.05) is 54.8 Å². The Hall–Kier alpha value is -1.89. The minimum atomic E-state index is -3.86. The van der Waals surface area contributed by atoms with Crippen LogP contribution in [0.1, 0.15) is 37.3 Å². The van der Waals surface area contributed by atoms with Crippen molar-refractivity contribution in [1.82, 2.24) is 10.2 Å². The van der Waals surface area contributed by atoms with Crippen LogP contribution in [0, 0.1) is 0 Å². The van der Waals surface area contributed by atoms with Gasteiger partial charge in [-0.05, 0) is 56.8 Å². The van der Waals surface area contributed by atoms with E-state index >= 15 is 0 Å². The van der Waals surface area contributed by atoms with Gasteiger partial charge in [-0.15, -0.1) is 0 Å². The van der Waals surface area contributed by atoms with Crippen LogP contribution >= 0.6 is 11.6 Å². The van der Waals surface area contributed by atoms with E-state index in [9.17, 15) is 13.2 Å². The molecule has 3 rings (SSSR count). The van der Waals surface area contributed by atoms with Gasteiger partial charge >= 0.3 is 0 Å². The lowest BCUT2D eigenvalue weighted by Crippen LogP contribution is -2.52. The van der Waals surface area contributed by atoms with E-state index in [4.69, 9.17) is 11.6 Å². The van der Waals surface area contributed by atoms with E-state index in [-0.39, 0.29) is 10.9 Å². The molecule has 2 aromatic rings. The third kappa shape index (κ3) is 4.49. The second-order valence-electron chi connectivity index (χ2n) is 7.86. The van der Waals surface area contributed by atoms with E-state index in [0.29, 0.717) is 37.3 Å². The highest BCUT2D eigenvalue weighted by Gasteiger charge is 2.53. The first-order valence-electron chi connectivity index (χ1n) is 9.77. The Morgan fingerprint density at radius 1 is 1.07 bits per heavy atom. The number of nitrogens with one attached hydrogen (secondary N) is 1. The topological polar surface area (TPSA) is 66.5 Å². The molecule has 1 N–H and O–H groups in total. The number of amides is 1. The van der Waals surface area contributed by atoms with Gasteiger partial charge in [0.1, 0.15) is 0 Å². The molecule has 0 bridgehead atoms. The van der Waals surface area contributed by atoms with Crippen LogP contribution < -0.4 is 5.32 Å². The number of nitrogens with zero attached hydrogens (tertiary/aromatic N) is 1. The predicted molar refractivity (Wildman–Crippen MR) is 116 cm³/mol. The Morgan fingerprint density at radius 3 is 2.21 bits per heavy atom. The highest BCUT2D eigenvalue weighted by Crippen LogP contribution is 2.41. The molecule has 156 valence electrons. The van der Waals surface area contributed by atoms with Crippen LogP contribution in [0.2, 0.25) is 5.02 Å². The fourth-order valence-electron chi connectivity index (χ4n) is 3.98. The van der Waals surface area contributed by atoms with Crippen molar-refractivity contribution in [3.8, 4) is 0 Å². The number of halogens is 1. The maximum absolute atomic E-state index is 13.5. The molecule has 1 aliphatic rings. The Balaban J connectivity index is 1.95. The van der Waals surface area contributed by atoms with Crippen molar-refractivity contribution in [2.45, 2.75) is 41.4 Å². The summed E-state index contributed by atoms with van der Waals surface area (Å²) in [5.41, 5.74) is 0.951. The van der Waals surface area contributed by atoms with Crippen molar-refractivity contribution in [2.75, 3.05) is 20.6 Å². The third-order valence-corrected chi connectivity index (χ3v) is 8.29. The second kappa shape index (κ2) is 8.86. The average molecular weight is 435 g/mol. The van der Waals surface area contributed by atoms with E-state index in [1.807, 2.05) is 49.3 Å². The Bertz CT molecular complexity index is 938. The van der Waals surface area contributed by atoms with Crippen molar-refractivity contribution >= 4 is 27.3 Å². The summed E-state index contributed by atoms with van der Waals surface area (Å²) in [4.78, 5) is 15.6. The minimum Gasteiger partial charge on any atom is -0.347 e. The number of sulfone groups is 1. The van der Waals surface area contributed by atoms with Crippen LogP contribution in [0.25, 0.3) is 0 Å². The molecule has 1 saturated carbocycles. The van der Waals surface area contributed by atoms with Crippen LogP contribution in [-0.4, -0.2) is 44.6 Å². The first-order valence-corrected chi connectivity index (χ1v) is 11.6. The zero-order chi connectivity index (χ0) is 21.1. The first-order chi connectivity index (χ1) is 13.8. The molecule has 5 nitrogen and oxygen atoms in total. The zero-order valence-electron chi connectivity index (χ0n) is 16.8. The van der Waals surface area contributed by atoms with Gasteiger partial charge < -0.3 is 10.2 Å². The Labute approximate surface area is 178 Å². The summed E-state index contributed by atoms with van der Waals surface area (Å²) in [5, 5.41) is 3.51. The van der Waals surface area contributed by atoms with E-state index in [0.717, 1.165) is 5.56 Å². The van der Waals surface area contributed by atoms with Crippen molar-refractivity contribution in [2.24, 2.45) is 0 Å². The van der Waals surface area contributed by atoms with Crippen LogP contribution in [0.5, 0.6) is 0 Å². The van der Waals surface area contributed by atoms with Crippen molar-refractivity contribution in [3.63, 3.8) is 0 Å². The van der Waals surface area contributed by atoms with Crippen molar-refractivity contribution in [3.05, 3.63) is 65.2 Å². The third-order valence-electron chi connectivity index (χ3n) is 5.52. The van der Waals surface area contributed by atoms with E-state index in [1.54, 1.807) is 12.1 Å². The lowest BCUT2D eigenvalue weighted by molar-refractivity contribution is -0.124. The van der Waals surface area contributed by atoms with Gasteiger partial charge in [0.25, 0.3) is 0 Å². The molecule has 2 aromatic carbocycles. The summed E-state index contributed by atoms with van der Waals surface area (Å²) in [6.07, 6.45) is 2.08. The van der Waals surface area contributed by atoms with Crippen LogP contribution in [0.4, 0.5) is 0 Å². The maximum atomic E-state index is 13.5. The van der Waals surface area contributed by atoms with Gasteiger partial charge in [0.2, 0.25) is 5.91 Å². The molecule has 0 aliphatic heterocycles. The number of hydrogen-bond donors (Lipinski definition) is 1. The molecule has 7 heteroatoms. The summed E-state index contributed by atoms with van der Waals surface area (Å²) in [6.45, 7) is 0.576. The van der Waals surface area contributed by atoms with Crippen LogP contribution in [-0.2, 0) is 14.6 Å². The summed E-state index contributed by atoms with van der Waals surface area (Å²) in [7, 11) is 0.0000340. The molecule has 29 heavy (non-hydrogen) atoms. The largest absolute Gasteiger partial charge is 0.347 e. The summed E-state index contributed by atoms with van der Waals surface area (Å²) < 4.78 is 25.6. The lowest BCUT2D eigenvalue weighted by atomic mass is 10.0. The molecule has 0 aromatic heterocycles. The lowest BCUT2D eigenvalue weighted by Gasteiger charge is -2.31. The van der Waals surface area contributed by atoms with Gasteiger partial charge in [0.15, 0.2) is 14.6 Å². The molecule has 1 atom stereocenters. The number of carbonyl (C=O) groups excluding carboxylic acids is 1. The molecule has 0 spiro atoms. The van der Waals surface area contributed by atoms with Gasteiger partial charge in [-0.25, -0.2) is 8.42 Å². The quantitative estimate of drug-likeness (QED) is 0.718. The molecule has 1 unspecified atom stereocenters. The fraction of sp³-hybridized carbons (Fsp3) is 0.409. The normalized spacial score (nSPS) is 17.2. The number of hydrogen-bond acceptors (Lipinski definition) is 4. The molecule has 0 saturated heterocycles. The Kier molecular flexibility index (Phi) is 6.66. The highest BCUT2D eigenvalue weighted by atomic mass is 35.5. The molecule has 1 fully saturated rings. The fourth-order valence-corrected chi connectivity index (χ4v) is 6.18.